The fourth-order valence-electron chi connectivity index (χ4n) is 2.91. The van der Waals surface area contributed by atoms with Crippen molar-refractivity contribution in [2.75, 3.05) is 33.9 Å². The first-order valence-corrected chi connectivity index (χ1v) is 8.42. The molecule has 128 valence electrons. The first kappa shape index (κ1) is 18.7. The Hall–Kier alpha value is -1.30. The summed E-state index contributed by atoms with van der Waals surface area (Å²) in [5, 5.41) is 9.27. The van der Waals surface area contributed by atoms with Crippen molar-refractivity contribution in [3.8, 4) is 0 Å². The molecule has 3 N–H and O–H groups in total. The van der Waals surface area contributed by atoms with Crippen molar-refractivity contribution in [2.45, 2.75) is 51.5 Å². The zero-order chi connectivity index (χ0) is 16.2. The summed E-state index contributed by atoms with van der Waals surface area (Å²) in [5.41, 5.74) is 0. The summed E-state index contributed by atoms with van der Waals surface area (Å²) in [6.07, 6.45) is 7.59. The van der Waals surface area contributed by atoms with E-state index in [0.717, 1.165) is 5.92 Å². The maximum Gasteiger partial charge on any atom is 0.239 e. The van der Waals surface area contributed by atoms with Gasteiger partial charge in [-0.2, -0.15) is 0 Å². The quantitative estimate of drug-likeness (QED) is 0.358. The fraction of sp³-hybridized carbons (Fsp3) is 0.875. The lowest BCUT2D eigenvalue weighted by Gasteiger charge is -2.30. The maximum absolute atomic E-state index is 11.6. The summed E-state index contributed by atoms with van der Waals surface area (Å²) < 4.78 is 4.89. The molecule has 0 saturated heterocycles. The molecule has 0 spiro atoms. The van der Waals surface area contributed by atoms with Crippen LogP contribution in [0.4, 0.5) is 0 Å². The third kappa shape index (κ3) is 7.64. The molecule has 1 aliphatic carbocycles. The van der Waals surface area contributed by atoms with E-state index >= 15 is 0 Å². The van der Waals surface area contributed by atoms with E-state index in [9.17, 15) is 4.79 Å². The van der Waals surface area contributed by atoms with Gasteiger partial charge in [-0.05, 0) is 31.6 Å². The second kappa shape index (κ2) is 11.3. The molecule has 0 aromatic rings. The average Bonchev–Trinajstić information content (AvgIpc) is 2.53. The van der Waals surface area contributed by atoms with Crippen molar-refractivity contribution in [2.24, 2.45) is 10.9 Å². The Morgan fingerprint density at radius 3 is 2.55 bits per heavy atom. The summed E-state index contributed by atoms with van der Waals surface area (Å²) in [7, 11) is 3.35. The molecule has 6 nitrogen and oxygen atoms in total. The summed E-state index contributed by atoms with van der Waals surface area (Å²) in [6, 6.07) is 0.468. The SMILES string of the molecule is CCCC1CCC(NC(=NC)NCC(=O)NCCOC)CC1. The Balaban J connectivity index is 2.21. The van der Waals surface area contributed by atoms with Crippen LogP contribution in [0.25, 0.3) is 0 Å². The number of ether oxygens (including phenoxy) is 1. The highest BCUT2D eigenvalue weighted by Gasteiger charge is 2.21. The summed E-state index contributed by atoms with van der Waals surface area (Å²) in [5.74, 6) is 1.55. The monoisotopic (exact) mass is 312 g/mol. The van der Waals surface area contributed by atoms with Gasteiger partial charge in [-0.25, -0.2) is 0 Å². The lowest BCUT2D eigenvalue weighted by atomic mass is 9.83. The molecule has 0 aromatic heterocycles. The van der Waals surface area contributed by atoms with Gasteiger partial charge < -0.3 is 20.7 Å². The Morgan fingerprint density at radius 1 is 1.23 bits per heavy atom. The number of hydrogen-bond acceptors (Lipinski definition) is 3. The Bertz CT molecular complexity index is 339. The zero-order valence-corrected chi connectivity index (χ0v) is 14.3. The number of nitrogens with one attached hydrogen (secondary N) is 3. The highest BCUT2D eigenvalue weighted by Crippen LogP contribution is 2.27. The van der Waals surface area contributed by atoms with E-state index in [2.05, 4.69) is 27.9 Å². The molecular formula is C16H32N4O2. The maximum atomic E-state index is 11.6. The summed E-state index contributed by atoms with van der Waals surface area (Å²) in [6.45, 7) is 3.55. The molecule has 1 aliphatic rings. The van der Waals surface area contributed by atoms with Gasteiger partial charge in [0.1, 0.15) is 0 Å². The molecule has 0 heterocycles. The zero-order valence-electron chi connectivity index (χ0n) is 14.3. The van der Waals surface area contributed by atoms with Crippen molar-refractivity contribution in [1.82, 2.24) is 16.0 Å². The predicted molar refractivity (Wildman–Crippen MR) is 90.0 cm³/mol. The van der Waals surface area contributed by atoms with Crippen molar-refractivity contribution < 1.29 is 9.53 Å². The molecule has 0 aliphatic heterocycles. The molecule has 0 unspecified atom stereocenters. The number of carbonyl (C=O) groups excluding carboxylic acids is 1. The Kier molecular flexibility index (Phi) is 9.62. The minimum Gasteiger partial charge on any atom is -0.383 e. The van der Waals surface area contributed by atoms with E-state index in [0.29, 0.717) is 25.2 Å². The van der Waals surface area contributed by atoms with Gasteiger partial charge in [-0.3, -0.25) is 9.79 Å². The van der Waals surface area contributed by atoms with Gasteiger partial charge in [0.05, 0.1) is 13.2 Å². The van der Waals surface area contributed by atoms with Gasteiger partial charge >= 0.3 is 0 Å². The van der Waals surface area contributed by atoms with Crippen LogP contribution in [0.2, 0.25) is 0 Å². The average molecular weight is 312 g/mol. The molecule has 0 radical (unpaired) electrons. The molecule has 6 heteroatoms. The van der Waals surface area contributed by atoms with E-state index in [1.54, 1.807) is 14.2 Å². The van der Waals surface area contributed by atoms with Gasteiger partial charge in [-0.15, -0.1) is 0 Å². The summed E-state index contributed by atoms with van der Waals surface area (Å²) >= 11 is 0. The van der Waals surface area contributed by atoms with Gasteiger partial charge in [0.2, 0.25) is 5.91 Å². The number of carbonyl (C=O) groups is 1. The molecule has 1 saturated carbocycles. The van der Waals surface area contributed by atoms with Crippen molar-refractivity contribution in [3.05, 3.63) is 0 Å². The molecule has 22 heavy (non-hydrogen) atoms. The lowest BCUT2D eigenvalue weighted by Crippen LogP contribution is -2.48. The van der Waals surface area contributed by atoms with E-state index in [1.165, 1.54) is 38.5 Å². The van der Waals surface area contributed by atoms with E-state index in [4.69, 9.17) is 4.74 Å². The number of amides is 1. The fourth-order valence-corrected chi connectivity index (χ4v) is 2.91. The van der Waals surface area contributed by atoms with Gasteiger partial charge in [-0.1, -0.05) is 19.8 Å². The lowest BCUT2D eigenvalue weighted by molar-refractivity contribution is -0.120. The van der Waals surface area contributed by atoms with Crippen LogP contribution in [0.3, 0.4) is 0 Å². The minimum absolute atomic E-state index is 0.0494. The van der Waals surface area contributed by atoms with E-state index < -0.39 is 0 Å². The summed E-state index contributed by atoms with van der Waals surface area (Å²) in [4.78, 5) is 15.8. The molecule has 0 bridgehead atoms. The molecule has 0 atom stereocenters. The molecule has 1 rings (SSSR count). The Labute approximate surface area is 134 Å². The van der Waals surface area contributed by atoms with Crippen LogP contribution >= 0.6 is 0 Å². The number of methoxy groups -OCH3 is 1. The number of nitrogens with zero attached hydrogens (tertiary/aromatic N) is 1. The van der Waals surface area contributed by atoms with Crippen LogP contribution < -0.4 is 16.0 Å². The smallest absolute Gasteiger partial charge is 0.239 e. The van der Waals surface area contributed by atoms with Crippen LogP contribution in [0.15, 0.2) is 4.99 Å². The first-order chi connectivity index (χ1) is 10.7. The number of guanidine groups is 1. The number of aliphatic imine (C=N–C) groups is 1. The minimum atomic E-state index is -0.0494. The van der Waals surface area contributed by atoms with E-state index in [-0.39, 0.29) is 12.5 Å². The van der Waals surface area contributed by atoms with Crippen molar-refractivity contribution in [1.29, 1.82) is 0 Å². The molecule has 1 amide bonds. The first-order valence-electron chi connectivity index (χ1n) is 8.42. The largest absolute Gasteiger partial charge is 0.383 e. The second-order valence-electron chi connectivity index (χ2n) is 5.92. The topological polar surface area (TPSA) is 74.8 Å². The molecular weight excluding hydrogens is 280 g/mol. The van der Waals surface area contributed by atoms with Crippen LogP contribution in [-0.2, 0) is 9.53 Å². The molecule has 1 fully saturated rings. The highest BCUT2D eigenvalue weighted by atomic mass is 16.5. The van der Waals surface area contributed by atoms with Gasteiger partial charge in [0.25, 0.3) is 0 Å². The third-order valence-electron chi connectivity index (χ3n) is 4.15. The second-order valence-corrected chi connectivity index (χ2v) is 5.92. The third-order valence-corrected chi connectivity index (χ3v) is 4.15. The van der Waals surface area contributed by atoms with Gasteiger partial charge in [0.15, 0.2) is 5.96 Å². The van der Waals surface area contributed by atoms with E-state index in [1.807, 2.05) is 0 Å². The normalized spacial score (nSPS) is 22.2. The van der Waals surface area contributed by atoms with Crippen LogP contribution in [0.5, 0.6) is 0 Å². The highest BCUT2D eigenvalue weighted by molar-refractivity contribution is 5.86. The van der Waals surface area contributed by atoms with Crippen molar-refractivity contribution >= 4 is 11.9 Å². The Morgan fingerprint density at radius 2 is 1.95 bits per heavy atom. The number of hydrogen-bond donors (Lipinski definition) is 3. The standard InChI is InChI=1S/C16H32N4O2/c1-4-5-13-6-8-14(9-7-13)20-16(17-2)19-12-15(21)18-10-11-22-3/h13-14H,4-12H2,1-3H3,(H,18,21)(H2,17,19,20). The van der Waals surface area contributed by atoms with Gasteiger partial charge in [0, 0.05) is 26.7 Å². The van der Waals surface area contributed by atoms with Crippen molar-refractivity contribution in [3.63, 3.8) is 0 Å². The van der Waals surface area contributed by atoms with Crippen LogP contribution in [0.1, 0.15) is 45.4 Å². The predicted octanol–water partition coefficient (Wildman–Crippen LogP) is 1.27. The molecule has 0 aromatic carbocycles. The van der Waals surface area contributed by atoms with Crippen LogP contribution in [-0.4, -0.2) is 51.8 Å². The number of rotatable bonds is 8. The van der Waals surface area contributed by atoms with Crippen LogP contribution in [0, 0.1) is 5.92 Å².